The number of carbonyl (C=O) groups excluding carboxylic acids is 2. The zero-order valence-electron chi connectivity index (χ0n) is 14.7. The van der Waals surface area contributed by atoms with Gasteiger partial charge in [-0.15, -0.1) is 12.4 Å². The summed E-state index contributed by atoms with van der Waals surface area (Å²) in [5.74, 6) is -0.0210. The number of carbonyl (C=O) groups is 2. The molecule has 6 nitrogen and oxygen atoms in total. The molecule has 1 amide bonds. The van der Waals surface area contributed by atoms with E-state index in [4.69, 9.17) is 10.5 Å². The highest BCUT2D eigenvalue weighted by atomic mass is 35.5. The summed E-state index contributed by atoms with van der Waals surface area (Å²) in [7, 11) is 1.31. The first-order valence-electron chi connectivity index (χ1n) is 8.27. The molecule has 0 aromatic heterocycles. The Labute approximate surface area is 154 Å². The number of rotatable bonds is 6. The standard InChI is InChI=1S/C18H26N2O4.ClH/c1-18(19)9-4-3-8-15(18)17(22)20-11-13-6-5-7-14(10-13)24-12-16(21)23-2;/h5-7,10,15H,3-4,8-9,11-12,19H2,1-2H3,(H,20,22);1H. The Kier molecular flexibility index (Phi) is 8.19. The third kappa shape index (κ3) is 6.21. The van der Waals surface area contributed by atoms with Crippen LogP contribution in [-0.2, 0) is 20.9 Å². The van der Waals surface area contributed by atoms with Crippen molar-refractivity contribution in [3.8, 4) is 5.75 Å². The summed E-state index contributed by atoms with van der Waals surface area (Å²) >= 11 is 0. The third-order valence-corrected chi connectivity index (χ3v) is 4.52. The van der Waals surface area contributed by atoms with E-state index in [1.165, 1.54) is 7.11 Å². The lowest BCUT2D eigenvalue weighted by Gasteiger charge is -2.37. The quantitative estimate of drug-likeness (QED) is 0.749. The molecule has 2 rings (SSSR count). The van der Waals surface area contributed by atoms with Gasteiger partial charge >= 0.3 is 5.97 Å². The Hall–Kier alpha value is -1.79. The minimum Gasteiger partial charge on any atom is -0.482 e. The molecule has 25 heavy (non-hydrogen) atoms. The fourth-order valence-electron chi connectivity index (χ4n) is 3.05. The summed E-state index contributed by atoms with van der Waals surface area (Å²) in [6.45, 7) is 2.22. The lowest BCUT2D eigenvalue weighted by molar-refractivity contribution is -0.142. The molecule has 140 valence electrons. The number of amides is 1. The van der Waals surface area contributed by atoms with Crippen molar-refractivity contribution in [3.05, 3.63) is 29.8 Å². The molecular weight excluding hydrogens is 344 g/mol. The van der Waals surface area contributed by atoms with Gasteiger partial charge in [-0.05, 0) is 37.5 Å². The molecule has 0 radical (unpaired) electrons. The van der Waals surface area contributed by atoms with Crippen molar-refractivity contribution in [2.45, 2.75) is 44.7 Å². The Morgan fingerprint density at radius 1 is 1.36 bits per heavy atom. The van der Waals surface area contributed by atoms with Crippen LogP contribution in [-0.4, -0.2) is 31.1 Å². The van der Waals surface area contributed by atoms with Gasteiger partial charge in [0.1, 0.15) is 5.75 Å². The number of benzene rings is 1. The van der Waals surface area contributed by atoms with E-state index in [1.54, 1.807) is 12.1 Å². The first kappa shape index (κ1) is 21.3. The number of nitrogens with two attached hydrogens (primary N) is 1. The van der Waals surface area contributed by atoms with Crippen LogP contribution in [0.3, 0.4) is 0 Å². The Bertz CT molecular complexity index is 592. The van der Waals surface area contributed by atoms with Crippen LogP contribution in [0.2, 0.25) is 0 Å². The first-order valence-corrected chi connectivity index (χ1v) is 8.27. The number of nitrogens with one attached hydrogen (secondary N) is 1. The van der Waals surface area contributed by atoms with E-state index in [9.17, 15) is 9.59 Å². The summed E-state index contributed by atoms with van der Waals surface area (Å²) in [6.07, 6.45) is 3.83. The highest BCUT2D eigenvalue weighted by Crippen LogP contribution is 2.31. The summed E-state index contributed by atoms with van der Waals surface area (Å²) < 4.78 is 9.88. The molecule has 1 saturated carbocycles. The van der Waals surface area contributed by atoms with Crippen molar-refractivity contribution >= 4 is 24.3 Å². The van der Waals surface area contributed by atoms with Crippen molar-refractivity contribution in [2.75, 3.05) is 13.7 Å². The van der Waals surface area contributed by atoms with Gasteiger partial charge in [0.15, 0.2) is 6.61 Å². The van der Waals surface area contributed by atoms with Crippen molar-refractivity contribution in [1.82, 2.24) is 5.32 Å². The molecule has 2 unspecified atom stereocenters. The van der Waals surface area contributed by atoms with E-state index in [0.717, 1.165) is 31.2 Å². The van der Waals surface area contributed by atoms with Crippen LogP contribution >= 0.6 is 12.4 Å². The molecule has 0 spiro atoms. The monoisotopic (exact) mass is 370 g/mol. The maximum absolute atomic E-state index is 12.4. The zero-order valence-corrected chi connectivity index (χ0v) is 15.6. The van der Waals surface area contributed by atoms with Gasteiger partial charge in [0.05, 0.1) is 13.0 Å². The number of ether oxygens (including phenoxy) is 2. The van der Waals surface area contributed by atoms with Crippen LogP contribution in [0.15, 0.2) is 24.3 Å². The second kappa shape index (κ2) is 9.63. The molecule has 3 N–H and O–H groups in total. The summed E-state index contributed by atoms with van der Waals surface area (Å²) in [5, 5.41) is 2.96. The summed E-state index contributed by atoms with van der Waals surface area (Å²) in [4.78, 5) is 23.5. The molecule has 0 saturated heterocycles. The molecule has 1 aromatic rings. The number of esters is 1. The second-order valence-corrected chi connectivity index (χ2v) is 6.53. The smallest absolute Gasteiger partial charge is 0.343 e. The van der Waals surface area contributed by atoms with E-state index in [-0.39, 0.29) is 30.8 Å². The normalized spacial score (nSPS) is 22.4. The molecule has 0 heterocycles. The number of hydrogen-bond acceptors (Lipinski definition) is 5. The lowest BCUT2D eigenvalue weighted by Crippen LogP contribution is -2.52. The Morgan fingerprint density at radius 2 is 2.12 bits per heavy atom. The maximum atomic E-state index is 12.4. The van der Waals surface area contributed by atoms with E-state index in [1.807, 2.05) is 19.1 Å². The molecule has 1 aliphatic rings. The SMILES string of the molecule is COC(=O)COc1cccc(CNC(=O)C2CCCCC2(C)N)c1.Cl. The van der Waals surface area contributed by atoms with Crippen molar-refractivity contribution < 1.29 is 19.1 Å². The van der Waals surface area contributed by atoms with Crippen LogP contribution in [0.1, 0.15) is 38.2 Å². The Balaban J connectivity index is 0.00000312. The van der Waals surface area contributed by atoms with Gasteiger partial charge < -0.3 is 20.5 Å². The van der Waals surface area contributed by atoms with E-state index in [0.29, 0.717) is 12.3 Å². The average molecular weight is 371 g/mol. The lowest BCUT2D eigenvalue weighted by atomic mass is 9.74. The molecule has 1 fully saturated rings. The fraction of sp³-hybridized carbons (Fsp3) is 0.556. The molecule has 2 atom stereocenters. The van der Waals surface area contributed by atoms with Gasteiger partial charge in [0.25, 0.3) is 0 Å². The predicted molar refractivity (Wildman–Crippen MR) is 97.6 cm³/mol. The number of hydrogen-bond donors (Lipinski definition) is 2. The molecular formula is C18H27ClN2O4. The maximum Gasteiger partial charge on any atom is 0.343 e. The van der Waals surface area contributed by atoms with E-state index >= 15 is 0 Å². The highest BCUT2D eigenvalue weighted by molar-refractivity contribution is 5.85. The van der Waals surface area contributed by atoms with Crippen molar-refractivity contribution in [2.24, 2.45) is 11.7 Å². The molecule has 0 aliphatic heterocycles. The van der Waals surface area contributed by atoms with Crippen molar-refractivity contribution in [1.29, 1.82) is 0 Å². The van der Waals surface area contributed by atoms with Crippen LogP contribution < -0.4 is 15.8 Å². The zero-order chi connectivity index (χ0) is 17.6. The fourth-order valence-corrected chi connectivity index (χ4v) is 3.05. The van der Waals surface area contributed by atoms with Crippen molar-refractivity contribution in [3.63, 3.8) is 0 Å². The first-order chi connectivity index (χ1) is 11.4. The van der Waals surface area contributed by atoms with Crippen LogP contribution in [0.4, 0.5) is 0 Å². The predicted octanol–water partition coefficient (Wildman–Crippen LogP) is 2.18. The van der Waals surface area contributed by atoms with Crippen LogP contribution in [0, 0.1) is 5.92 Å². The van der Waals surface area contributed by atoms with Gasteiger partial charge in [0.2, 0.25) is 5.91 Å². The molecule has 7 heteroatoms. The molecule has 0 bridgehead atoms. The largest absolute Gasteiger partial charge is 0.482 e. The molecule has 1 aromatic carbocycles. The van der Waals surface area contributed by atoms with Gasteiger partial charge in [-0.25, -0.2) is 4.79 Å². The summed E-state index contributed by atoms with van der Waals surface area (Å²) in [6, 6.07) is 7.27. The Morgan fingerprint density at radius 3 is 2.80 bits per heavy atom. The number of methoxy groups -OCH3 is 1. The highest BCUT2D eigenvalue weighted by Gasteiger charge is 2.37. The average Bonchev–Trinajstić information content (AvgIpc) is 2.57. The van der Waals surface area contributed by atoms with Gasteiger partial charge in [-0.1, -0.05) is 25.0 Å². The van der Waals surface area contributed by atoms with E-state index < -0.39 is 11.5 Å². The topological polar surface area (TPSA) is 90.6 Å². The molecule has 1 aliphatic carbocycles. The minimum absolute atomic E-state index is 0. The second-order valence-electron chi connectivity index (χ2n) is 6.53. The van der Waals surface area contributed by atoms with Gasteiger partial charge in [0, 0.05) is 12.1 Å². The van der Waals surface area contributed by atoms with Crippen LogP contribution in [0.25, 0.3) is 0 Å². The van der Waals surface area contributed by atoms with Gasteiger partial charge in [-0.2, -0.15) is 0 Å². The van der Waals surface area contributed by atoms with Gasteiger partial charge in [-0.3, -0.25) is 4.79 Å². The minimum atomic E-state index is -0.437. The number of halogens is 1. The third-order valence-electron chi connectivity index (χ3n) is 4.52. The summed E-state index contributed by atoms with van der Waals surface area (Å²) in [5.41, 5.74) is 6.74. The van der Waals surface area contributed by atoms with E-state index in [2.05, 4.69) is 10.1 Å². The van der Waals surface area contributed by atoms with Crippen LogP contribution in [0.5, 0.6) is 5.75 Å².